The minimum Gasteiger partial charge on any atom is -0.548 e. The van der Waals surface area contributed by atoms with Gasteiger partial charge in [-0.3, -0.25) is 14.3 Å². The molecule has 18 heavy (non-hydrogen) atoms. The number of aromatic nitrogens is 4. The van der Waals surface area contributed by atoms with Gasteiger partial charge < -0.3 is 14.5 Å². The first-order valence-electron chi connectivity index (χ1n) is 4.92. The first-order chi connectivity index (χ1) is 8.34. The lowest BCUT2D eigenvalue weighted by atomic mass is 10.3. The molecule has 2 rings (SSSR count). The number of hydrogen-bond acceptors (Lipinski definition) is 5. The zero-order chi connectivity index (χ0) is 13.6. The zero-order valence-electron chi connectivity index (χ0n) is 9.43. The van der Waals surface area contributed by atoms with Gasteiger partial charge in [0.2, 0.25) is 0 Å². The van der Waals surface area contributed by atoms with E-state index in [1.165, 1.54) is 14.0 Å². The van der Waals surface area contributed by atoms with Crippen molar-refractivity contribution in [3.63, 3.8) is 0 Å². The molecule has 0 spiro atoms. The Morgan fingerprint density at radius 1 is 1.50 bits per heavy atom. The van der Waals surface area contributed by atoms with E-state index in [9.17, 15) is 19.5 Å². The number of rotatable bonds is 2. The number of carboxylic acids is 1. The van der Waals surface area contributed by atoms with Gasteiger partial charge in [0.1, 0.15) is 0 Å². The Morgan fingerprint density at radius 2 is 2.11 bits per heavy atom. The maximum Gasteiger partial charge on any atom is 0.329 e. The molecular weight excluding hydrogens is 308 g/mol. The van der Waals surface area contributed by atoms with Gasteiger partial charge in [-0.05, 0) is 22.9 Å². The third kappa shape index (κ3) is 1.67. The fourth-order valence-corrected chi connectivity index (χ4v) is 2.29. The molecule has 1 atom stereocenters. The van der Waals surface area contributed by atoms with Gasteiger partial charge in [-0.15, -0.1) is 0 Å². The predicted octanol–water partition coefficient (Wildman–Crippen LogP) is -1.50. The van der Waals surface area contributed by atoms with E-state index in [4.69, 9.17) is 0 Å². The summed E-state index contributed by atoms with van der Waals surface area (Å²) in [6.45, 7) is 1.35. The van der Waals surface area contributed by atoms with Crippen molar-refractivity contribution < 1.29 is 9.90 Å². The van der Waals surface area contributed by atoms with Gasteiger partial charge in [-0.25, -0.2) is 9.78 Å². The summed E-state index contributed by atoms with van der Waals surface area (Å²) >= 11 is 3.06. The third-order valence-electron chi connectivity index (χ3n) is 2.64. The summed E-state index contributed by atoms with van der Waals surface area (Å²) in [6, 6.07) is -1.09. The minimum atomic E-state index is -1.36. The number of hydrogen-bond donors (Lipinski definition) is 1. The Labute approximate surface area is 108 Å². The number of nitrogens with zero attached hydrogens (tertiary/aromatic N) is 3. The standard InChI is InChI=1S/C9H9BrN4O4/c1-3(7(16)17)14-4-5(11-8(14)10)13(2)9(18)12-6(4)15/h3H,1-2H3,(H,16,17)(H,12,15,18)/p-1/t3-/m0/s1. The number of carbonyl (C=O) groups is 1. The van der Waals surface area contributed by atoms with Gasteiger partial charge in [0.15, 0.2) is 15.9 Å². The number of carbonyl (C=O) groups excluding carboxylic acids is 1. The second-order valence-electron chi connectivity index (χ2n) is 3.74. The van der Waals surface area contributed by atoms with Gasteiger partial charge >= 0.3 is 5.69 Å². The highest BCUT2D eigenvalue weighted by atomic mass is 79.9. The Bertz CT molecular complexity index is 756. The smallest absolute Gasteiger partial charge is 0.329 e. The summed E-state index contributed by atoms with van der Waals surface area (Å²) in [5.74, 6) is -1.36. The van der Waals surface area contributed by atoms with Gasteiger partial charge in [0.25, 0.3) is 5.56 Å². The van der Waals surface area contributed by atoms with Gasteiger partial charge in [0, 0.05) is 7.05 Å². The molecule has 9 heteroatoms. The van der Waals surface area contributed by atoms with Crippen LogP contribution in [0, 0.1) is 0 Å². The van der Waals surface area contributed by atoms with Crippen LogP contribution in [-0.2, 0) is 11.8 Å². The molecule has 0 aliphatic carbocycles. The second-order valence-corrected chi connectivity index (χ2v) is 4.45. The molecule has 1 N–H and O–H groups in total. The van der Waals surface area contributed by atoms with E-state index in [-0.39, 0.29) is 15.9 Å². The zero-order valence-corrected chi connectivity index (χ0v) is 11.0. The molecule has 2 aromatic rings. The number of carboxylic acid groups (broad SMARTS) is 1. The van der Waals surface area contributed by atoms with E-state index in [2.05, 4.69) is 25.9 Å². The molecule has 0 unspecified atom stereocenters. The SMILES string of the molecule is C[C@@H](C(=O)[O-])n1c(Br)nc2c1c(=O)[nH]c(=O)n2C. The Morgan fingerprint density at radius 3 is 2.67 bits per heavy atom. The minimum absolute atomic E-state index is 0.000625. The van der Waals surface area contributed by atoms with Crippen molar-refractivity contribution in [1.29, 1.82) is 0 Å². The maximum atomic E-state index is 11.7. The molecular formula is C9H8BrN4O4-. The van der Waals surface area contributed by atoms with E-state index < -0.39 is 23.3 Å². The number of fused-ring (bicyclic) bond motifs is 1. The molecule has 0 aromatic carbocycles. The van der Waals surface area contributed by atoms with Crippen LogP contribution in [0.1, 0.15) is 13.0 Å². The Kier molecular flexibility index (Phi) is 2.85. The normalized spacial score (nSPS) is 12.8. The van der Waals surface area contributed by atoms with Crippen molar-refractivity contribution in [1.82, 2.24) is 19.1 Å². The van der Waals surface area contributed by atoms with Gasteiger partial charge in [-0.2, -0.15) is 0 Å². The number of H-pyrrole nitrogens is 1. The van der Waals surface area contributed by atoms with Crippen LogP contribution in [-0.4, -0.2) is 25.1 Å². The lowest BCUT2D eigenvalue weighted by molar-refractivity contribution is -0.309. The highest BCUT2D eigenvalue weighted by molar-refractivity contribution is 9.10. The first kappa shape index (κ1) is 12.6. The molecule has 0 saturated heterocycles. The number of nitrogens with one attached hydrogen (secondary N) is 1. The van der Waals surface area contributed by atoms with Crippen molar-refractivity contribution >= 4 is 33.1 Å². The fraction of sp³-hybridized carbons (Fsp3) is 0.333. The molecule has 0 amide bonds. The van der Waals surface area contributed by atoms with Crippen LogP contribution in [0.3, 0.4) is 0 Å². The van der Waals surface area contributed by atoms with E-state index in [1.807, 2.05) is 0 Å². The van der Waals surface area contributed by atoms with Crippen LogP contribution in [0.15, 0.2) is 14.3 Å². The third-order valence-corrected chi connectivity index (χ3v) is 3.20. The molecule has 0 aliphatic rings. The summed E-state index contributed by atoms with van der Waals surface area (Å²) < 4.78 is 2.42. The molecule has 0 fully saturated rings. The summed E-state index contributed by atoms with van der Waals surface area (Å²) in [6.07, 6.45) is 0. The summed E-state index contributed by atoms with van der Waals surface area (Å²) in [5.41, 5.74) is -1.21. The van der Waals surface area contributed by atoms with Crippen molar-refractivity contribution in [2.45, 2.75) is 13.0 Å². The van der Waals surface area contributed by atoms with Crippen LogP contribution in [0.4, 0.5) is 0 Å². The highest BCUT2D eigenvalue weighted by Gasteiger charge is 2.19. The molecule has 0 radical (unpaired) electrons. The van der Waals surface area contributed by atoms with Crippen LogP contribution in [0.5, 0.6) is 0 Å². The first-order valence-corrected chi connectivity index (χ1v) is 5.71. The largest absolute Gasteiger partial charge is 0.548 e. The molecule has 0 saturated carbocycles. The van der Waals surface area contributed by atoms with E-state index in [0.717, 1.165) is 9.13 Å². The lowest BCUT2D eigenvalue weighted by Crippen LogP contribution is -2.34. The average Bonchev–Trinajstić information content (AvgIpc) is 2.63. The molecule has 0 aliphatic heterocycles. The van der Waals surface area contributed by atoms with Crippen LogP contribution >= 0.6 is 15.9 Å². The van der Waals surface area contributed by atoms with Crippen LogP contribution < -0.4 is 16.4 Å². The fourth-order valence-electron chi connectivity index (χ4n) is 1.63. The summed E-state index contributed by atoms with van der Waals surface area (Å²) in [7, 11) is 1.42. The lowest BCUT2D eigenvalue weighted by Gasteiger charge is -2.15. The number of halogens is 1. The summed E-state index contributed by atoms with van der Waals surface area (Å²) in [4.78, 5) is 40.1. The second kappa shape index (κ2) is 4.09. The predicted molar refractivity (Wildman–Crippen MR) is 63.0 cm³/mol. The van der Waals surface area contributed by atoms with E-state index in [0.29, 0.717) is 0 Å². The molecule has 2 aromatic heterocycles. The summed E-state index contributed by atoms with van der Waals surface area (Å²) in [5, 5.41) is 10.9. The van der Waals surface area contributed by atoms with E-state index in [1.54, 1.807) is 0 Å². The van der Waals surface area contributed by atoms with Gasteiger partial charge in [-0.1, -0.05) is 0 Å². The quantitative estimate of drug-likeness (QED) is 0.677. The number of aliphatic carboxylic acids is 1. The number of aryl methyl sites for hydroxylation is 1. The molecule has 2 heterocycles. The van der Waals surface area contributed by atoms with Crippen molar-refractivity contribution in [2.75, 3.05) is 0 Å². The van der Waals surface area contributed by atoms with Crippen LogP contribution in [0.2, 0.25) is 0 Å². The Hall–Kier alpha value is -1.90. The average molecular weight is 316 g/mol. The molecule has 96 valence electrons. The number of aromatic amines is 1. The van der Waals surface area contributed by atoms with E-state index >= 15 is 0 Å². The number of imidazole rings is 1. The topological polar surface area (TPSA) is 113 Å². The van der Waals surface area contributed by atoms with Crippen molar-refractivity contribution in [2.24, 2.45) is 7.05 Å². The molecule has 8 nitrogen and oxygen atoms in total. The van der Waals surface area contributed by atoms with Crippen LogP contribution in [0.25, 0.3) is 11.2 Å². The van der Waals surface area contributed by atoms with Crippen molar-refractivity contribution in [3.8, 4) is 0 Å². The van der Waals surface area contributed by atoms with Crippen molar-refractivity contribution in [3.05, 3.63) is 25.6 Å². The highest BCUT2D eigenvalue weighted by Crippen LogP contribution is 2.20. The van der Waals surface area contributed by atoms with Gasteiger partial charge in [0.05, 0.1) is 12.0 Å². The maximum absolute atomic E-state index is 11.7. The Balaban J connectivity index is 2.97. The monoisotopic (exact) mass is 315 g/mol. The molecule has 0 bridgehead atoms.